The van der Waals surface area contributed by atoms with Crippen LogP contribution in [-0.2, 0) is 13.2 Å². The summed E-state index contributed by atoms with van der Waals surface area (Å²) in [7, 11) is 0. The van der Waals surface area contributed by atoms with Crippen molar-refractivity contribution < 1.29 is 4.74 Å². The van der Waals surface area contributed by atoms with Crippen molar-refractivity contribution in [1.29, 1.82) is 0 Å². The third kappa shape index (κ3) is 8.51. The fourth-order valence-electron chi connectivity index (χ4n) is 2.21. The molecule has 0 spiro atoms. The largest absolute Gasteiger partial charge is 0.487 e. The van der Waals surface area contributed by atoms with Gasteiger partial charge in [0.2, 0.25) is 0 Å². The topological polar surface area (TPSA) is 58.5 Å². The van der Waals surface area contributed by atoms with E-state index in [9.17, 15) is 0 Å². The zero-order valence-electron chi connectivity index (χ0n) is 16.0. The molecule has 0 unspecified atom stereocenters. The monoisotopic (exact) mass is 468 g/mol. The summed E-state index contributed by atoms with van der Waals surface area (Å²) >= 11 is 0. The number of benzene rings is 1. The Morgan fingerprint density at radius 3 is 2.62 bits per heavy atom. The third-order valence-electron chi connectivity index (χ3n) is 3.27. The molecular weight excluding hydrogens is 439 g/mol. The van der Waals surface area contributed by atoms with Crippen molar-refractivity contribution in [2.75, 3.05) is 6.54 Å². The van der Waals surface area contributed by atoms with Crippen molar-refractivity contribution in [3.05, 3.63) is 59.9 Å². The molecular formula is C20H29IN4O. The predicted molar refractivity (Wildman–Crippen MR) is 118 cm³/mol. The minimum Gasteiger partial charge on any atom is -0.487 e. The zero-order valence-corrected chi connectivity index (χ0v) is 18.3. The van der Waals surface area contributed by atoms with E-state index in [-0.39, 0.29) is 29.5 Å². The van der Waals surface area contributed by atoms with E-state index in [1.54, 1.807) is 6.20 Å². The predicted octanol–water partition coefficient (Wildman–Crippen LogP) is 4.13. The van der Waals surface area contributed by atoms with E-state index in [1.165, 1.54) is 0 Å². The van der Waals surface area contributed by atoms with Gasteiger partial charge in [0.15, 0.2) is 5.96 Å². The SMILES string of the molecule is CCNC(=NCc1cccc(OCc2ccccn2)c1)NC(C)(C)C.I. The fourth-order valence-corrected chi connectivity index (χ4v) is 2.21. The van der Waals surface area contributed by atoms with Crippen LogP contribution in [0, 0.1) is 0 Å². The lowest BCUT2D eigenvalue weighted by molar-refractivity contribution is 0.301. The highest BCUT2D eigenvalue weighted by molar-refractivity contribution is 14.0. The summed E-state index contributed by atoms with van der Waals surface area (Å²) in [6.45, 7) is 10.3. The number of halogens is 1. The number of hydrogen-bond donors (Lipinski definition) is 2. The van der Waals surface area contributed by atoms with Crippen LogP contribution in [0.4, 0.5) is 0 Å². The number of nitrogens with one attached hydrogen (secondary N) is 2. The summed E-state index contributed by atoms with van der Waals surface area (Å²) in [5.41, 5.74) is 1.98. The molecule has 2 N–H and O–H groups in total. The molecule has 0 fully saturated rings. The van der Waals surface area contributed by atoms with E-state index in [4.69, 9.17) is 4.74 Å². The van der Waals surface area contributed by atoms with Gasteiger partial charge in [0, 0.05) is 18.3 Å². The number of pyridine rings is 1. The number of aromatic nitrogens is 1. The van der Waals surface area contributed by atoms with Crippen molar-refractivity contribution in [3.63, 3.8) is 0 Å². The van der Waals surface area contributed by atoms with Crippen molar-refractivity contribution >= 4 is 29.9 Å². The lowest BCUT2D eigenvalue weighted by Gasteiger charge is -2.23. The molecule has 26 heavy (non-hydrogen) atoms. The first kappa shape index (κ1) is 22.2. The molecule has 1 aromatic carbocycles. The Morgan fingerprint density at radius 1 is 1.15 bits per heavy atom. The number of nitrogens with zero attached hydrogens (tertiary/aromatic N) is 2. The Kier molecular flexibility index (Phi) is 9.40. The summed E-state index contributed by atoms with van der Waals surface area (Å²) in [6, 6.07) is 13.8. The van der Waals surface area contributed by atoms with Crippen LogP contribution in [0.25, 0.3) is 0 Å². The van der Waals surface area contributed by atoms with Gasteiger partial charge in [-0.05, 0) is 57.5 Å². The molecule has 0 saturated carbocycles. The van der Waals surface area contributed by atoms with Crippen LogP contribution in [0.3, 0.4) is 0 Å². The van der Waals surface area contributed by atoms with Gasteiger partial charge in [-0.15, -0.1) is 24.0 Å². The Bertz CT molecular complexity index is 684. The highest BCUT2D eigenvalue weighted by Crippen LogP contribution is 2.15. The maximum absolute atomic E-state index is 5.83. The highest BCUT2D eigenvalue weighted by atomic mass is 127. The first-order valence-electron chi connectivity index (χ1n) is 8.64. The standard InChI is InChI=1S/C20H28N4O.HI/c1-5-21-19(24-20(2,3)4)23-14-16-9-8-11-18(13-16)25-15-17-10-6-7-12-22-17;/h6-13H,5,14-15H2,1-4H3,(H2,21,23,24);1H. The van der Waals surface area contributed by atoms with Crippen LogP contribution in [0.15, 0.2) is 53.7 Å². The van der Waals surface area contributed by atoms with Gasteiger partial charge in [0.25, 0.3) is 0 Å². The molecule has 0 radical (unpaired) electrons. The summed E-state index contributed by atoms with van der Waals surface area (Å²) in [5.74, 6) is 1.64. The van der Waals surface area contributed by atoms with Gasteiger partial charge in [-0.1, -0.05) is 18.2 Å². The van der Waals surface area contributed by atoms with E-state index >= 15 is 0 Å². The maximum atomic E-state index is 5.83. The fraction of sp³-hybridized carbons (Fsp3) is 0.400. The van der Waals surface area contributed by atoms with Crippen molar-refractivity contribution in [2.45, 2.75) is 46.4 Å². The molecule has 5 nitrogen and oxygen atoms in total. The van der Waals surface area contributed by atoms with Crippen LogP contribution < -0.4 is 15.4 Å². The Morgan fingerprint density at radius 2 is 1.96 bits per heavy atom. The second-order valence-corrected chi connectivity index (χ2v) is 6.83. The average molecular weight is 468 g/mol. The normalized spacial score (nSPS) is 11.5. The van der Waals surface area contributed by atoms with E-state index in [1.807, 2.05) is 36.4 Å². The summed E-state index contributed by atoms with van der Waals surface area (Å²) in [4.78, 5) is 8.92. The minimum absolute atomic E-state index is 0. The van der Waals surface area contributed by atoms with Crippen molar-refractivity contribution in [1.82, 2.24) is 15.6 Å². The van der Waals surface area contributed by atoms with Crippen molar-refractivity contribution in [2.24, 2.45) is 4.99 Å². The molecule has 2 rings (SSSR count). The zero-order chi connectivity index (χ0) is 18.1. The average Bonchev–Trinajstić information content (AvgIpc) is 2.58. The van der Waals surface area contributed by atoms with E-state index in [2.05, 4.69) is 54.4 Å². The van der Waals surface area contributed by atoms with Gasteiger partial charge in [-0.25, -0.2) is 4.99 Å². The van der Waals surface area contributed by atoms with Gasteiger partial charge in [0.05, 0.1) is 12.2 Å². The number of aliphatic imine (C=N–C) groups is 1. The second-order valence-electron chi connectivity index (χ2n) is 6.83. The molecule has 0 saturated heterocycles. The second kappa shape index (κ2) is 11.0. The molecule has 0 aliphatic heterocycles. The number of guanidine groups is 1. The quantitative estimate of drug-likeness (QED) is 0.380. The van der Waals surface area contributed by atoms with Crippen LogP contribution in [0.5, 0.6) is 5.75 Å². The molecule has 0 amide bonds. The molecule has 6 heteroatoms. The number of rotatable bonds is 6. The van der Waals surface area contributed by atoms with Gasteiger partial charge < -0.3 is 15.4 Å². The summed E-state index contributed by atoms with van der Waals surface area (Å²) < 4.78 is 5.83. The molecule has 142 valence electrons. The van der Waals surface area contributed by atoms with Crippen LogP contribution in [0.2, 0.25) is 0 Å². The van der Waals surface area contributed by atoms with Gasteiger partial charge in [0.1, 0.15) is 12.4 Å². The minimum atomic E-state index is -0.0331. The van der Waals surface area contributed by atoms with Gasteiger partial charge >= 0.3 is 0 Å². The maximum Gasteiger partial charge on any atom is 0.191 e. The molecule has 1 heterocycles. The molecule has 0 atom stereocenters. The highest BCUT2D eigenvalue weighted by Gasteiger charge is 2.11. The van der Waals surface area contributed by atoms with Gasteiger partial charge in [-0.2, -0.15) is 0 Å². The Labute approximate surface area is 173 Å². The summed E-state index contributed by atoms with van der Waals surface area (Å²) in [5, 5.41) is 6.66. The van der Waals surface area contributed by atoms with Crippen LogP contribution in [0.1, 0.15) is 39.0 Å². The van der Waals surface area contributed by atoms with E-state index < -0.39 is 0 Å². The van der Waals surface area contributed by atoms with Crippen LogP contribution >= 0.6 is 24.0 Å². The number of hydrogen-bond acceptors (Lipinski definition) is 3. The molecule has 0 aliphatic rings. The lowest BCUT2D eigenvalue weighted by atomic mass is 10.1. The third-order valence-corrected chi connectivity index (χ3v) is 3.27. The van der Waals surface area contributed by atoms with Crippen LogP contribution in [-0.4, -0.2) is 23.0 Å². The van der Waals surface area contributed by atoms with E-state index in [0.29, 0.717) is 13.2 Å². The van der Waals surface area contributed by atoms with E-state index in [0.717, 1.165) is 29.5 Å². The molecule has 0 aliphatic carbocycles. The van der Waals surface area contributed by atoms with Crippen molar-refractivity contribution in [3.8, 4) is 5.75 Å². The first-order chi connectivity index (χ1) is 12.0. The Hall–Kier alpha value is -1.83. The summed E-state index contributed by atoms with van der Waals surface area (Å²) in [6.07, 6.45) is 1.77. The molecule has 2 aromatic rings. The molecule has 0 bridgehead atoms. The smallest absolute Gasteiger partial charge is 0.191 e. The first-order valence-corrected chi connectivity index (χ1v) is 8.64. The van der Waals surface area contributed by atoms with Gasteiger partial charge in [-0.3, -0.25) is 4.98 Å². The molecule has 1 aromatic heterocycles. The lowest BCUT2D eigenvalue weighted by Crippen LogP contribution is -2.47. The number of ether oxygens (including phenoxy) is 1. The Balaban J connectivity index is 0.00000338.